The molecule has 1 fully saturated rings. The molecule has 0 spiro atoms. The predicted octanol–water partition coefficient (Wildman–Crippen LogP) is 3.88. The molecule has 0 amide bonds. The maximum absolute atomic E-state index is 2.54. The Morgan fingerprint density at radius 3 is 2.09 bits per heavy atom. The summed E-state index contributed by atoms with van der Waals surface area (Å²) >= 11 is 2.54. The third kappa shape index (κ3) is 1.34. The monoisotopic (exact) mass is 266 g/mol. The van der Waals surface area contributed by atoms with Gasteiger partial charge < -0.3 is 0 Å². The molecule has 0 heterocycles. The molecule has 0 bridgehead atoms. The quantitative estimate of drug-likeness (QED) is 0.499. The van der Waals surface area contributed by atoms with E-state index in [0.29, 0.717) is 10.8 Å². The summed E-state index contributed by atoms with van der Waals surface area (Å²) in [6.45, 7) is 9.72. The number of halogens is 1. The topological polar surface area (TPSA) is 0 Å². The van der Waals surface area contributed by atoms with Gasteiger partial charge in [-0.1, -0.05) is 50.3 Å². The Bertz CT molecular complexity index is 148. The molecule has 0 N–H and O–H groups in total. The van der Waals surface area contributed by atoms with Crippen LogP contribution >= 0.6 is 22.6 Å². The molecular weight excluding hydrogens is 247 g/mol. The van der Waals surface area contributed by atoms with E-state index in [0.717, 1.165) is 5.92 Å². The van der Waals surface area contributed by atoms with Gasteiger partial charge in [0.2, 0.25) is 0 Å². The minimum absolute atomic E-state index is 0.550. The second-order valence-corrected chi connectivity index (χ2v) is 5.62. The first-order valence-corrected chi connectivity index (χ1v) is 6.02. The van der Waals surface area contributed by atoms with E-state index in [1.54, 1.807) is 0 Å². The number of hydrogen-bond donors (Lipinski definition) is 0. The van der Waals surface area contributed by atoms with Crippen molar-refractivity contribution in [2.45, 2.75) is 40.5 Å². The molecular formula is C10H19I. The van der Waals surface area contributed by atoms with E-state index in [-0.39, 0.29) is 0 Å². The zero-order valence-corrected chi connectivity index (χ0v) is 10.2. The highest BCUT2D eigenvalue weighted by Gasteiger charge is 2.48. The number of alkyl halides is 1. The summed E-state index contributed by atoms with van der Waals surface area (Å²) in [6, 6.07) is 0. The van der Waals surface area contributed by atoms with Crippen LogP contribution in [0.4, 0.5) is 0 Å². The molecule has 0 saturated heterocycles. The molecule has 1 rings (SSSR count). The largest absolute Gasteiger partial charge is 0.0858 e. The van der Waals surface area contributed by atoms with E-state index in [1.807, 2.05) is 0 Å². The highest BCUT2D eigenvalue weighted by atomic mass is 127. The van der Waals surface area contributed by atoms with E-state index >= 15 is 0 Å². The Morgan fingerprint density at radius 1 is 1.36 bits per heavy atom. The Labute approximate surface area is 84.3 Å². The van der Waals surface area contributed by atoms with Gasteiger partial charge in [-0.3, -0.25) is 0 Å². The van der Waals surface area contributed by atoms with Crippen molar-refractivity contribution >= 4 is 22.6 Å². The second-order valence-electron chi connectivity index (χ2n) is 4.86. The van der Waals surface area contributed by atoms with Gasteiger partial charge in [-0.15, -0.1) is 0 Å². The third-order valence-corrected chi connectivity index (χ3v) is 5.90. The molecule has 0 radical (unpaired) electrons. The molecule has 2 atom stereocenters. The molecule has 66 valence electrons. The molecule has 1 aliphatic rings. The van der Waals surface area contributed by atoms with E-state index < -0.39 is 0 Å². The van der Waals surface area contributed by atoms with Crippen LogP contribution in [0.5, 0.6) is 0 Å². The van der Waals surface area contributed by atoms with Crippen LogP contribution in [-0.4, -0.2) is 4.43 Å². The van der Waals surface area contributed by atoms with Crippen molar-refractivity contribution in [1.29, 1.82) is 0 Å². The second kappa shape index (κ2) is 2.90. The molecule has 11 heavy (non-hydrogen) atoms. The number of hydrogen-bond acceptors (Lipinski definition) is 0. The van der Waals surface area contributed by atoms with Gasteiger partial charge in [-0.25, -0.2) is 0 Å². The first-order chi connectivity index (χ1) is 4.94. The van der Waals surface area contributed by atoms with Gasteiger partial charge in [0.05, 0.1) is 0 Å². The predicted molar refractivity (Wildman–Crippen MR) is 59.2 cm³/mol. The Morgan fingerprint density at radius 2 is 1.91 bits per heavy atom. The van der Waals surface area contributed by atoms with E-state index in [1.165, 1.54) is 17.3 Å². The summed E-state index contributed by atoms with van der Waals surface area (Å²) in [5.41, 5.74) is 1.14. The molecule has 1 heteroatoms. The average molecular weight is 266 g/mol. The van der Waals surface area contributed by atoms with Gasteiger partial charge in [-0.2, -0.15) is 0 Å². The first-order valence-electron chi connectivity index (χ1n) is 4.50. The molecule has 1 saturated carbocycles. The van der Waals surface area contributed by atoms with Gasteiger partial charge in [0.15, 0.2) is 0 Å². The van der Waals surface area contributed by atoms with Crippen molar-refractivity contribution in [3.63, 3.8) is 0 Å². The molecule has 0 nitrogen and oxygen atoms in total. The lowest BCUT2D eigenvalue weighted by Gasteiger charge is -2.39. The summed E-state index contributed by atoms with van der Waals surface area (Å²) in [5.74, 6) is 0.905. The molecule has 0 unspecified atom stereocenters. The van der Waals surface area contributed by atoms with Gasteiger partial charge in [0.1, 0.15) is 0 Å². The zero-order chi connectivity index (χ0) is 8.70. The third-order valence-electron chi connectivity index (χ3n) is 4.21. The normalized spacial score (nSPS) is 42.8. The SMILES string of the molecule is C[C@H]1CC[C@@](C)(CI)C1(C)C. The highest BCUT2D eigenvalue weighted by molar-refractivity contribution is 14.1. The smallest absolute Gasteiger partial charge is 0.00545 e. The minimum atomic E-state index is 0.550. The maximum Gasteiger partial charge on any atom is 0.00545 e. The lowest BCUT2D eigenvalue weighted by Crippen LogP contribution is -2.34. The van der Waals surface area contributed by atoms with Crippen LogP contribution in [0.25, 0.3) is 0 Å². The van der Waals surface area contributed by atoms with Crippen LogP contribution in [-0.2, 0) is 0 Å². The lowest BCUT2D eigenvalue weighted by molar-refractivity contribution is 0.124. The standard InChI is InChI=1S/C10H19I/c1-8-5-6-10(4,7-11)9(8,2)3/h8H,5-7H2,1-4H3/t8-,10-/m0/s1. The Hall–Kier alpha value is 0.730. The highest BCUT2D eigenvalue weighted by Crippen LogP contribution is 2.56. The lowest BCUT2D eigenvalue weighted by atomic mass is 9.67. The fourth-order valence-corrected chi connectivity index (χ4v) is 3.42. The van der Waals surface area contributed by atoms with Crippen LogP contribution in [0.15, 0.2) is 0 Å². The van der Waals surface area contributed by atoms with Gasteiger partial charge in [-0.05, 0) is 29.6 Å². The molecule has 0 aliphatic heterocycles. The number of rotatable bonds is 1. The van der Waals surface area contributed by atoms with Crippen LogP contribution in [0, 0.1) is 16.7 Å². The van der Waals surface area contributed by atoms with Crippen molar-refractivity contribution in [3.8, 4) is 0 Å². The van der Waals surface area contributed by atoms with Crippen LogP contribution < -0.4 is 0 Å². The van der Waals surface area contributed by atoms with Gasteiger partial charge >= 0.3 is 0 Å². The van der Waals surface area contributed by atoms with E-state index in [9.17, 15) is 0 Å². The summed E-state index contributed by atoms with van der Waals surface area (Å²) in [7, 11) is 0. The molecule has 1 aliphatic carbocycles. The van der Waals surface area contributed by atoms with Crippen LogP contribution in [0.1, 0.15) is 40.5 Å². The molecule has 0 aromatic heterocycles. The average Bonchev–Trinajstić information content (AvgIpc) is 2.15. The van der Waals surface area contributed by atoms with Gasteiger partial charge in [0, 0.05) is 4.43 Å². The van der Waals surface area contributed by atoms with Crippen LogP contribution in [0.3, 0.4) is 0 Å². The summed E-state index contributed by atoms with van der Waals surface area (Å²) < 4.78 is 1.31. The summed E-state index contributed by atoms with van der Waals surface area (Å²) in [4.78, 5) is 0. The van der Waals surface area contributed by atoms with Crippen LogP contribution in [0.2, 0.25) is 0 Å². The fraction of sp³-hybridized carbons (Fsp3) is 1.00. The van der Waals surface area contributed by atoms with Crippen molar-refractivity contribution in [3.05, 3.63) is 0 Å². The molecule has 0 aromatic carbocycles. The molecule has 0 aromatic rings. The summed E-state index contributed by atoms with van der Waals surface area (Å²) in [5, 5.41) is 0. The fourth-order valence-electron chi connectivity index (χ4n) is 2.05. The van der Waals surface area contributed by atoms with E-state index in [4.69, 9.17) is 0 Å². The maximum atomic E-state index is 2.54. The van der Waals surface area contributed by atoms with Crippen molar-refractivity contribution < 1.29 is 0 Å². The first kappa shape index (κ1) is 9.82. The van der Waals surface area contributed by atoms with Crippen molar-refractivity contribution in [1.82, 2.24) is 0 Å². The Kier molecular flexibility index (Phi) is 2.58. The van der Waals surface area contributed by atoms with Gasteiger partial charge in [0.25, 0.3) is 0 Å². The minimum Gasteiger partial charge on any atom is -0.0858 e. The zero-order valence-electron chi connectivity index (χ0n) is 8.08. The van der Waals surface area contributed by atoms with Crippen molar-refractivity contribution in [2.75, 3.05) is 4.43 Å². The van der Waals surface area contributed by atoms with Crippen molar-refractivity contribution in [2.24, 2.45) is 16.7 Å². The Balaban J connectivity index is 2.86. The van der Waals surface area contributed by atoms with E-state index in [2.05, 4.69) is 50.3 Å². The summed E-state index contributed by atoms with van der Waals surface area (Å²) in [6.07, 6.45) is 2.84.